The highest BCUT2D eigenvalue weighted by molar-refractivity contribution is 7.98. The van der Waals surface area contributed by atoms with E-state index in [0.29, 0.717) is 23.3 Å². The van der Waals surface area contributed by atoms with Crippen LogP contribution in [0.3, 0.4) is 0 Å². The Morgan fingerprint density at radius 1 is 1.03 bits per heavy atom. The maximum absolute atomic E-state index is 5.90. The number of benzene rings is 2. The summed E-state index contributed by atoms with van der Waals surface area (Å²) in [6.45, 7) is 0. The molecule has 4 aromatic rings. The molecule has 0 amide bonds. The van der Waals surface area contributed by atoms with E-state index in [2.05, 4.69) is 42.0 Å². The first-order valence-corrected chi connectivity index (χ1v) is 10.2. The summed E-state index contributed by atoms with van der Waals surface area (Å²) in [6.07, 6.45) is 1.87. The summed E-state index contributed by atoms with van der Waals surface area (Å²) in [4.78, 5) is 17.5. The van der Waals surface area contributed by atoms with E-state index < -0.39 is 0 Å². The van der Waals surface area contributed by atoms with Gasteiger partial charge in [0.1, 0.15) is 11.6 Å². The van der Waals surface area contributed by atoms with Crippen molar-refractivity contribution in [3.8, 4) is 17.0 Å². The van der Waals surface area contributed by atoms with E-state index >= 15 is 0 Å². The van der Waals surface area contributed by atoms with Crippen LogP contribution in [0.4, 0.5) is 17.6 Å². The van der Waals surface area contributed by atoms with Gasteiger partial charge in [-0.1, -0.05) is 54.2 Å². The first kappa shape index (κ1) is 19.7. The lowest BCUT2D eigenvalue weighted by molar-refractivity contribution is 0.417. The van der Waals surface area contributed by atoms with Crippen LogP contribution in [0.15, 0.2) is 66.0 Å². The summed E-state index contributed by atoms with van der Waals surface area (Å²) >= 11 is 1.54. The zero-order valence-electron chi connectivity index (χ0n) is 16.6. The minimum Gasteiger partial charge on any atom is -0.495 e. The van der Waals surface area contributed by atoms with Gasteiger partial charge in [-0.3, -0.25) is 0 Å². The number of nitrogens with one attached hydrogen (secondary N) is 1. The van der Waals surface area contributed by atoms with Gasteiger partial charge in [-0.2, -0.15) is 15.0 Å². The summed E-state index contributed by atoms with van der Waals surface area (Å²) < 4.78 is 7.41. The van der Waals surface area contributed by atoms with Crippen molar-refractivity contribution in [3.63, 3.8) is 0 Å². The van der Waals surface area contributed by atoms with E-state index in [-0.39, 0.29) is 5.95 Å². The molecular weight excluding hydrogens is 398 g/mol. The number of imidazole rings is 1. The lowest BCUT2D eigenvalue weighted by Gasteiger charge is -2.10. The van der Waals surface area contributed by atoms with E-state index in [1.165, 1.54) is 11.8 Å². The second-order valence-electron chi connectivity index (χ2n) is 6.40. The van der Waals surface area contributed by atoms with Crippen molar-refractivity contribution in [3.05, 3.63) is 66.6 Å². The number of para-hydroxylation sites is 2. The number of methoxy groups -OCH3 is 1. The largest absolute Gasteiger partial charge is 0.495 e. The highest BCUT2D eigenvalue weighted by Gasteiger charge is 2.12. The third-order valence-corrected chi connectivity index (χ3v) is 5.44. The lowest BCUT2D eigenvalue weighted by Crippen LogP contribution is -2.07. The average Bonchev–Trinajstić information content (AvgIpc) is 3.13. The van der Waals surface area contributed by atoms with Gasteiger partial charge in [0.2, 0.25) is 11.9 Å². The second-order valence-corrected chi connectivity index (χ2v) is 7.34. The molecule has 3 N–H and O–H groups in total. The summed E-state index contributed by atoms with van der Waals surface area (Å²) in [5, 5.41) is 4.01. The summed E-state index contributed by atoms with van der Waals surface area (Å²) in [7, 11) is 3.61. The van der Waals surface area contributed by atoms with Gasteiger partial charge in [0, 0.05) is 7.05 Å². The quantitative estimate of drug-likeness (QED) is 0.435. The highest BCUT2D eigenvalue weighted by atomic mass is 32.2. The number of nitrogens with two attached hydrogens (primary N) is 1. The molecule has 152 valence electrons. The van der Waals surface area contributed by atoms with Crippen LogP contribution in [0.2, 0.25) is 0 Å². The van der Waals surface area contributed by atoms with E-state index in [1.54, 1.807) is 7.11 Å². The van der Waals surface area contributed by atoms with Gasteiger partial charge < -0.3 is 20.4 Å². The van der Waals surface area contributed by atoms with Crippen molar-refractivity contribution in [1.82, 2.24) is 24.5 Å². The zero-order chi connectivity index (χ0) is 20.9. The summed E-state index contributed by atoms with van der Waals surface area (Å²) in [6, 6.07) is 17.7. The Labute approximate surface area is 178 Å². The molecule has 0 spiro atoms. The number of anilines is 3. The van der Waals surface area contributed by atoms with Gasteiger partial charge in [-0.25, -0.2) is 4.98 Å². The molecule has 0 aliphatic heterocycles. The number of ether oxygens (including phenoxy) is 1. The van der Waals surface area contributed by atoms with Gasteiger partial charge in [0.25, 0.3) is 0 Å². The molecule has 0 unspecified atom stereocenters. The summed E-state index contributed by atoms with van der Waals surface area (Å²) in [5.41, 5.74) is 8.82. The summed E-state index contributed by atoms with van der Waals surface area (Å²) in [5.74, 6) is 2.28. The van der Waals surface area contributed by atoms with E-state index in [0.717, 1.165) is 22.1 Å². The van der Waals surface area contributed by atoms with Gasteiger partial charge in [0.15, 0.2) is 5.16 Å². The second kappa shape index (κ2) is 8.83. The molecule has 0 saturated carbocycles. The normalized spacial score (nSPS) is 10.7. The minimum absolute atomic E-state index is 0.155. The predicted octanol–water partition coefficient (Wildman–Crippen LogP) is 3.90. The first-order valence-electron chi connectivity index (χ1n) is 9.24. The molecule has 0 fully saturated rings. The number of thioether (sulfide) groups is 1. The SMILES string of the molecule is COc1ccccc1Nc1nc(N)nc(CSc2ncc(-c3ccccc3)n2C)n1. The molecule has 0 bridgehead atoms. The van der Waals surface area contributed by atoms with Crippen LogP contribution in [0.1, 0.15) is 5.82 Å². The van der Waals surface area contributed by atoms with Crippen molar-refractivity contribution in [1.29, 1.82) is 0 Å². The zero-order valence-corrected chi connectivity index (χ0v) is 17.4. The maximum atomic E-state index is 5.90. The number of nitrogens with zero attached hydrogens (tertiary/aromatic N) is 5. The molecule has 2 aromatic heterocycles. The smallest absolute Gasteiger partial charge is 0.232 e. The molecule has 0 aliphatic rings. The Balaban J connectivity index is 1.50. The number of rotatable bonds is 7. The Morgan fingerprint density at radius 2 is 1.80 bits per heavy atom. The maximum Gasteiger partial charge on any atom is 0.232 e. The van der Waals surface area contributed by atoms with Crippen molar-refractivity contribution in [2.24, 2.45) is 7.05 Å². The van der Waals surface area contributed by atoms with Crippen LogP contribution >= 0.6 is 11.8 Å². The van der Waals surface area contributed by atoms with Crippen molar-refractivity contribution < 1.29 is 4.74 Å². The molecule has 0 saturated heterocycles. The topological polar surface area (TPSA) is 104 Å². The van der Waals surface area contributed by atoms with Crippen LogP contribution in [0.25, 0.3) is 11.3 Å². The number of hydrogen-bond acceptors (Lipinski definition) is 8. The lowest BCUT2D eigenvalue weighted by atomic mass is 10.2. The van der Waals surface area contributed by atoms with E-state index in [4.69, 9.17) is 10.5 Å². The van der Waals surface area contributed by atoms with Gasteiger partial charge in [-0.05, 0) is 17.7 Å². The van der Waals surface area contributed by atoms with Crippen molar-refractivity contribution in [2.45, 2.75) is 10.9 Å². The number of hydrogen-bond donors (Lipinski definition) is 2. The Morgan fingerprint density at radius 3 is 2.60 bits per heavy atom. The molecule has 0 atom stereocenters. The third kappa shape index (κ3) is 4.36. The van der Waals surface area contributed by atoms with E-state index in [9.17, 15) is 0 Å². The monoisotopic (exact) mass is 419 g/mol. The van der Waals surface area contributed by atoms with E-state index in [1.807, 2.05) is 55.7 Å². The fourth-order valence-corrected chi connectivity index (χ4v) is 3.77. The number of aromatic nitrogens is 5. The number of nitrogen functional groups attached to an aromatic ring is 1. The molecule has 0 aliphatic carbocycles. The molecule has 2 aromatic carbocycles. The third-order valence-electron chi connectivity index (χ3n) is 4.40. The molecule has 9 heteroatoms. The minimum atomic E-state index is 0.155. The van der Waals surface area contributed by atoms with Crippen LogP contribution in [-0.4, -0.2) is 31.6 Å². The molecule has 8 nitrogen and oxygen atoms in total. The predicted molar refractivity (Wildman–Crippen MR) is 119 cm³/mol. The fraction of sp³-hybridized carbons (Fsp3) is 0.143. The van der Waals surface area contributed by atoms with Crippen molar-refractivity contribution >= 4 is 29.3 Å². The standard InChI is InChI=1S/C21H21N7OS/c1-28-16(14-8-4-3-5-9-14)12-23-21(28)30-13-18-25-19(22)27-20(26-18)24-15-10-6-7-11-17(15)29-2/h3-12H,13H2,1-2H3,(H3,22,24,25,26,27). The highest BCUT2D eigenvalue weighted by Crippen LogP contribution is 2.28. The average molecular weight is 420 g/mol. The first-order chi connectivity index (χ1) is 14.6. The molecular formula is C21H21N7OS. The molecule has 2 heterocycles. The van der Waals surface area contributed by atoms with Crippen LogP contribution < -0.4 is 15.8 Å². The Bertz CT molecular complexity index is 1150. The fourth-order valence-electron chi connectivity index (χ4n) is 2.96. The molecule has 4 rings (SSSR count). The van der Waals surface area contributed by atoms with Gasteiger partial charge >= 0.3 is 0 Å². The van der Waals surface area contributed by atoms with Gasteiger partial charge in [0.05, 0.1) is 30.4 Å². The van der Waals surface area contributed by atoms with Crippen LogP contribution in [-0.2, 0) is 12.8 Å². The van der Waals surface area contributed by atoms with Crippen LogP contribution in [0, 0.1) is 0 Å². The van der Waals surface area contributed by atoms with Crippen LogP contribution in [0.5, 0.6) is 5.75 Å². The Hall–Kier alpha value is -3.59. The Kier molecular flexibility index (Phi) is 5.80. The van der Waals surface area contributed by atoms with Crippen molar-refractivity contribution in [2.75, 3.05) is 18.2 Å². The molecule has 0 radical (unpaired) electrons. The van der Waals surface area contributed by atoms with Gasteiger partial charge in [-0.15, -0.1) is 0 Å². The molecule has 30 heavy (non-hydrogen) atoms.